The molecule has 30 heavy (non-hydrogen) atoms. The van der Waals surface area contributed by atoms with Crippen molar-refractivity contribution >= 4 is 17.7 Å². The molecule has 0 spiro atoms. The number of para-hydroxylation sites is 1. The molecule has 1 atom stereocenters. The number of nitrogens with one attached hydrogen (secondary N) is 1. The molecule has 0 aliphatic carbocycles. The van der Waals surface area contributed by atoms with Crippen molar-refractivity contribution in [2.75, 3.05) is 18.1 Å². The summed E-state index contributed by atoms with van der Waals surface area (Å²) in [4.78, 5) is 14.8. The van der Waals surface area contributed by atoms with E-state index < -0.39 is 5.66 Å². The summed E-state index contributed by atoms with van der Waals surface area (Å²) in [6.07, 6.45) is 8.29. The minimum atomic E-state index is -0.568. The first-order chi connectivity index (χ1) is 14.5. The van der Waals surface area contributed by atoms with E-state index >= 15 is 0 Å². The van der Waals surface area contributed by atoms with E-state index in [1.807, 2.05) is 12.1 Å². The highest BCUT2D eigenvalue weighted by atomic mass is 16.5. The van der Waals surface area contributed by atoms with Crippen LogP contribution in [0.15, 0.2) is 54.6 Å². The number of unbranched alkanes of at least 4 members (excludes halogenated alkanes) is 2. The van der Waals surface area contributed by atoms with Gasteiger partial charge in [0.1, 0.15) is 11.4 Å². The van der Waals surface area contributed by atoms with Crippen LogP contribution in [0.25, 0.3) is 6.08 Å². The molecular formula is C26H32N2O2. The predicted molar refractivity (Wildman–Crippen MR) is 123 cm³/mol. The fourth-order valence-electron chi connectivity index (χ4n) is 4.75. The number of nitrogens with zero attached hydrogens (tertiary/aromatic N) is 1. The van der Waals surface area contributed by atoms with Crippen LogP contribution in [0.5, 0.6) is 5.75 Å². The van der Waals surface area contributed by atoms with E-state index in [1.165, 1.54) is 24.1 Å². The lowest BCUT2D eigenvalue weighted by Gasteiger charge is -2.49. The average Bonchev–Trinajstić information content (AvgIpc) is 2.94. The van der Waals surface area contributed by atoms with Crippen LogP contribution in [0.1, 0.15) is 57.6 Å². The van der Waals surface area contributed by atoms with Crippen LogP contribution in [0.3, 0.4) is 0 Å². The SMILES string of the molecule is CCCCCOc1ccc(C=C[C@@]23NC(=O)CCN2c2ccccc2C3(C)C)cc1. The highest BCUT2D eigenvalue weighted by Crippen LogP contribution is 2.52. The molecule has 2 aliphatic heterocycles. The number of rotatable bonds is 7. The summed E-state index contributed by atoms with van der Waals surface area (Å²) in [7, 11) is 0. The third-order valence-electron chi connectivity index (χ3n) is 6.55. The van der Waals surface area contributed by atoms with Crippen LogP contribution >= 0.6 is 0 Å². The molecule has 0 unspecified atom stereocenters. The minimum Gasteiger partial charge on any atom is -0.494 e. The van der Waals surface area contributed by atoms with Crippen LogP contribution in [-0.4, -0.2) is 24.7 Å². The first-order valence-electron chi connectivity index (χ1n) is 11.1. The van der Waals surface area contributed by atoms with Gasteiger partial charge in [-0.2, -0.15) is 0 Å². The number of ether oxygens (including phenoxy) is 1. The topological polar surface area (TPSA) is 41.6 Å². The lowest BCUT2D eigenvalue weighted by atomic mass is 9.74. The summed E-state index contributed by atoms with van der Waals surface area (Å²) in [6, 6.07) is 16.7. The molecule has 0 bridgehead atoms. The summed E-state index contributed by atoms with van der Waals surface area (Å²) in [6.45, 7) is 8.12. The first kappa shape index (κ1) is 20.5. The number of hydrogen-bond donors (Lipinski definition) is 1. The Labute approximate surface area is 179 Å². The molecular weight excluding hydrogens is 372 g/mol. The van der Waals surface area contributed by atoms with Gasteiger partial charge in [0.05, 0.1) is 6.61 Å². The maximum Gasteiger partial charge on any atom is 0.223 e. The van der Waals surface area contributed by atoms with Gasteiger partial charge in [0.2, 0.25) is 5.91 Å². The number of carbonyl (C=O) groups is 1. The van der Waals surface area contributed by atoms with Gasteiger partial charge in [0.25, 0.3) is 0 Å². The van der Waals surface area contributed by atoms with Gasteiger partial charge in [-0.1, -0.05) is 70.0 Å². The molecule has 1 saturated heterocycles. The van der Waals surface area contributed by atoms with Crippen LogP contribution in [0.4, 0.5) is 5.69 Å². The zero-order chi connectivity index (χ0) is 21.2. The number of hydrogen-bond acceptors (Lipinski definition) is 3. The zero-order valence-corrected chi connectivity index (χ0v) is 18.3. The van der Waals surface area contributed by atoms with Crippen LogP contribution in [0.2, 0.25) is 0 Å². The Morgan fingerprint density at radius 1 is 1.10 bits per heavy atom. The second-order valence-corrected chi connectivity index (χ2v) is 8.82. The van der Waals surface area contributed by atoms with Crippen LogP contribution < -0.4 is 15.0 Å². The van der Waals surface area contributed by atoms with Crippen molar-refractivity contribution in [3.63, 3.8) is 0 Å². The molecule has 0 radical (unpaired) electrons. The molecule has 0 aromatic heterocycles. The molecule has 2 aliphatic rings. The van der Waals surface area contributed by atoms with Gasteiger partial charge in [-0.15, -0.1) is 0 Å². The monoisotopic (exact) mass is 404 g/mol. The lowest BCUT2D eigenvalue weighted by Crippen LogP contribution is -2.68. The van der Waals surface area contributed by atoms with Crippen LogP contribution in [-0.2, 0) is 10.2 Å². The number of anilines is 1. The molecule has 1 amide bonds. The molecule has 2 aromatic carbocycles. The maximum atomic E-state index is 12.5. The normalized spacial score (nSPS) is 22.0. The molecule has 1 N–H and O–H groups in total. The largest absolute Gasteiger partial charge is 0.494 e. The van der Waals surface area contributed by atoms with E-state index in [4.69, 9.17) is 4.74 Å². The standard InChI is InChI=1S/C26H32N2O2/c1-4-5-8-19-30-21-13-11-20(12-14-21)15-17-26-25(2,3)22-9-6-7-10-23(22)28(26)18-16-24(29)27-26/h6-7,9-15,17H,4-5,8,16,18-19H2,1-3H3,(H,27,29)/t26-/m1/s1. The number of amides is 1. The number of carbonyl (C=O) groups excluding carboxylic acids is 1. The van der Waals surface area contributed by atoms with Gasteiger partial charge in [0, 0.05) is 24.1 Å². The quantitative estimate of drug-likeness (QED) is 0.638. The molecule has 2 heterocycles. The highest BCUT2D eigenvalue weighted by molar-refractivity contribution is 5.84. The van der Waals surface area contributed by atoms with Crippen molar-refractivity contribution in [1.29, 1.82) is 0 Å². The van der Waals surface area contributed by atoms with E-state index in [0.29, 0.717) is 6.42 Å². The minimum absolute atomic E-state index is 0.104. The van der Waals surface area contributed by atoms with E-state index in [0.717, 1.165) is 30.9 Å². The second-order valence-electron chi connectivity index (χ2n) is 8.82. The molecule has 4 nitrogen and oxygen atoms in total. The second kappa shape index (κ2) is 8.17. The maximum absolute atomic E-state index is 12.5. The van der Waals surface area contributed by atoms with Crippen molar-refractivity contribution in [1.82, 2.24) is 5.32 Å². The molecule has 0 saturated carbocycles. The Morgan fingerprint density at radius 3 is 2.63 bits per heavy atom. The van der Waals surface area contributed by atoms with Crippen molar-refractivity contribution in [3.05, 3.63) is 65.7 Å². The summed E-state index contributed by atoms with van der Waals surface area (Å²) < 4.78 is 5.83. The average molecular weight is 405 g/mol. The third kappa shape index (κ3) is 3.49. The van der Waals surface area contributed by atoms with Gasteiger partial charge in [0.15, 0.2) is 0 Å². The van der Waals surface area contributed by atoms with Gasteiger partial charge < -0.3 is 15.0 Å². The van der Waals surface area contributed by atoms with E-state index in [9.17, 15) is 4.79 Å². The lowest BCUT2D eigenvalue weighted by molar-refractivity contribution is -0.124. The van der Waals surface area contributed by atoms with Gasteiger partial charge in [-0.25, -0.2) is 0 Å². The van der Waals surface area contributed by atoms with Crippen molar-refractivity contribution in [2.45, 2.75) is 57.5 Å². The van der Waals surface area contributed by atoms with Crippen LogP contribution in [0, 0.1) is 0 Å². The van der Waals surface area contributed by atoms with Crippen molar-refractivity contribution < 1.29 is 9.53 Å². The highest BCUT2D eigenvalue weighted by Gasteiger charge is 2.57. The Bertz CT molecular complexity index is 932. The zero-order valence-electron chi connectivity index (χ0n) is 18.3. The smallest absolute Gasteiger partial charge is 0.223 e. The molecule has 4 heteroatoms. The van der Waals surface area contributed by atoms with Gasteiger partial charge in [-0.05, 0) is 41.8 Å². The fraction of sp³-hybridized carbons (Fsp3) is 0.423. The first-order valence-corrected chi connectivity index (χ1v) is 11.1. The van der Waals surface area contributed by atoms with Crippen molar-refractivity contribution in [3.8, 4) is 5.75 Å². The summed E-state index contributed by atoms with van der Waals surface area (Å²) in [5.41, 5.74) is 2.76. The Hall–Kier alpha value is -2.75. The van der Waals surface area contributed by atoms with E-state index in [-0.39, 0.29) is 11.3 Å². The molecule has 4 rings (SSSR count). The number of fused-ring (bicyclic) bond motifs is 3. The molecule has 158 valence electrons. The predicted octanol–water partition coefficient (Wildman–Crippen LogP) is 5.28. The Morgan fingerprint density at radius 2 is 1.87 bits per heavy atom. The van der Waals surface area contributed by atoms with E-state index in [2.05, 4.69) is 79.5 Å². The Balaban J connectivity index is 1.59. The molecule has 2 aromatic rings. The van der Waals surface area contributed by atoms with Gasteiger partial charge >= 0.3 is 0 Å². The third-order valence-corrected chi connectivity index (χ3v) is 6.55. The summed E-state index contributed by atoms with van der Waals surface area (Å²) >= 11 is 0. The summed E-state index contributed by atoms with van der Waals surface area (Å²) in [5.74, 6) is 1.01. The molecule has 1 fully saturated rings. The van der Waals surface area contributed by atoms with Gasteiger partial charge in [-0.3, -0.25) is 4.79 Å². The number of benzene rings is 2. The van der Waals surface area contributed by atoms with Crippen molar-refractivity contribution in [2.24, 2.45) is 0 Å². The Kier molecular flexibility index (Phi) is 5.59. The fourth-order valence-corrected chi connectivity index (χ4v) is 4.75. The summed E-state index contributed by atoms with van der Waals surface area (Å²) in [5, 5.41) is 3.33. The van der Waals surface area contributed by atoms with E-state index in [1.54, 1.807) is 0 Å².